The second kappa shape index (κ2) is 10.6. The monoisotopic (exact) mass is 637 g/mol. The van der Waals surface area contributed by atoms with E-state index < -0.39 is 23.0 Å². The van der Waals surface area contributed by atoms with Crippen molar-refractivity contribution in [3.05, 3.63) is 97.4 Å². The molecule has 0 saturated carbocycles. The topological polar surface area (TPSA) is 129 Å². The van der Waals surface area contributed by atoms with Gasteiger partial charge in [0, 0.05) is 26.5 Å². The number of nitrogens with one attached hydrogen (secondary N) is 2. The highest BCUT2D eigenvalue weighted by Gasteiger charge is 2.56. The minimum absolute atomic E-state index is 0.0786. The number of rotatable bonds is 6. The number of aromatic amines is 1. The first-order chi connectivity index (χ1) is 19.3. The minimum atomic E-state index is -0.792. The van der Waals surface area contributed by atoms with Crippen LogP contribution in [-0.2, 0) is 14.4 Å². The van der Waals surface area contributed by atoms with Gasteiger partial charge in [-0.15, -0.1) is 0 Å². The summed E-state index contributed by atoms with van der Waals surface area (Å²) in [6, 6.07) is 20.0. The van der Waals surface area contributed by atoms with Gasteiger partial charge in [-0.05, 0) is 54.6 Å². The van der Waals surface area contributed by atoms with Crippen molar-refractivity contribution in [2.24, 2.45) is 5.92 Å². The molecule has 1 aromatic heterocycles. The standard InChI is InChI=1S/C28H20BrN3O6S2/c29-14-6-11-19(38-13-20(34)30-15-7-9-17(33)10-8-15)18(12-14)21-22-24(39-25-23(21)40-28(37)31-25)27(36)32(26(22)35)16-4-2-1-3-5-16/h1-12,21-22,24,33H,13H2,(H,30,34)(H,31,37)/t21-,22-,24+/m0/s1. The quantitative estimate of drug-likeness (QED) is 0.206. The van der Waals surface area contributed by atoms with Crippen LogP contribution in [0, 0.1) is 5.92 Å². The van der Waals surface area contributed by atoms with Gasteiger partial charge >= 0.3 is 4.87 Å². The third-order valence-electron chi connectivity index (χ3n) is 6.66. The van der Waals surface area contributed by atoms with Crippen LogP contribution in [0.2, 0.25) is 0 Å². The Bertz CT molecular complexity index is 1690. The lowest BCUT2D eigenvalue weighted by Crippen LogP contribution is -2.32. The Kier molecular flexibility index (Phi) is 6.99. The van der Waals surface area contributed by atoms with E-state index in [1.165, 1.54) is 28.8 Å². The zero-order valence-electron chi connectivity index (χ0n) is 20.5. The van der Waals surface area contributed by atoms with Crippen LogP contribution >= 0.6 is 39.0 Å². The van der Waals surface area contributed by atoms with Crippen molar-refractivity contribution in [3.8, 4) is 11.5 Å². The van der Waals surface area contributed by atoms with E-state index in [1.54, 1.807) is 54.6 Å². The van der Waals surface area contributed by atoms with E-state index in [4.69, 9.17) is 4.74 Å². The van der Waals surface area contributed by atoms with Gasteiger partial charge in [-0.2, -0.15) is 0 Å². The molecule has 4 aromatic rings. The Morgan fingerprint density at radius 1 is 1.02 bits per heavy atom. The van der Waals surface area contributed by atoms with Gasteiger partial charge in [0.05, 0.1) is 16.6 Å². The fraction of sp³-hybridized carbons (Fsp3) is 0.143. The summed E-state index contributed by atoms with van der Waals surface area (Å²) in [7, 11) is 0. The van der Waals surface area contributed by atoms with E-state index in [9.17, 15) is 24.3 Å². The van der Waals surface area contributed by atoms with Crippen LogP contribution in [0.15, 0.2) is 87.1 Å². The number of hydrogen-bond donors (Lipinski definition) is 3. The molecule has 0 radical (unpaired) electrons. The van der Waals surface area contributed by atoms with Gasteiger partial charge < -0.3 is 20.1 Å². The fourth-order valence-corrected chi connectivity index (χ4v) is 7.85. The zero-order chi connectivity index (χ0) is 28.0. The number of phenols is 1. The zero-order valence-corrected chi connectivity index (χ0v) is 23.7. The van der Waals surface area contributed by atoms with Crippen molar-refractivity contribution in [2.45, 2.75) is 16.2 Å². The molecule has 0 unspecified atom stereocenters. The predicted molar refractivity (Wildman–Crippen MR) is 155 cm³/mol. The van der Waals surface area contributed by atoms with Crippen LogP contribution in [-0.4, -0.2) is 39.7 Å². The second-order valence-electron chi connectivity index (χ2n) is 9.16. The van der Waals surface area contributed by atoms with E-state index >= 15 is 0 Å². The van der Waals surface area contributed by atoms with Gasteiger partial charge in [-0.3, -0.25) is 19.2 Å². The number of imide groups is 1. The Labute approximate surface area is 244 Å². The number of thiazole rings is 1. The van der Waals surface area contributed by atoms with Gasteiger partial charge in [0.2, 0.25) is 11.8 Å². The number of nitrogens with zero attached hydrogens (tertiary/aromatic N) is 1. The number of anilines is 2. The highest BCUT2D eigenvalue weighted by atomic mass is 79.9. The molecule has 1 saturated heterocycles. The van der Waals surface area contributed by atoms with E-state index in [0.717, 1.165) is 11.3 Å². The Morgan fingerprint density at radius 3 is 2.52 bits per heavy atom. The molecule has 0 aliphatic carbocycles. The number of aromatic nitrogens is 1. The lowest BCUT2D eigenvalue weighted by molar-refractivity contribution is -0.122. The van der Waals surface area contributed by atoms with Crippen LogP contribution in [0.3, 0.4) is 0 Å². The lowest BCUT2D eigenvalue weighted by atomic mass is 9.82. The number of para-hydroxylation sites is 1. The van der Waals surface area contributed by atoms with E-state index in [0.29, 0.717) is 37.1 Å². The highest BCUT2D eigenvalue weighted by Crippen LogP contribution is 2.54. The Hall–Kier alpha value is -3.87. The normalized spacial score (nSPS) is 19.7. The Balaban J connectivity index is 1.36. The maximum Gasteiger partial charge on any atom is 0.305 e. The number of fused-ring (bicyclic) bond motifs is 2. The van der Waals surface area contributed by atoms with Gasteiger partial charge in [0.25, 0.3) is 5.91 Å². The highest BCUT2D eigenvalue weighted by molar-refractivity contribution is 9.10. The number of ether oxygens (including phenoxy) is 1. The minimum Gasteiger partial charge on any atom is -0.508 e. The molecule has 202 valence electrons. The molecule has 3 heterocycles. The van der Waals surface area contributed by atoms with Gasteiger partial charge in [0.1, 0.15) is 16.7 Å². The number of carbonyl (C=O) groups excluding carboxylic acids is 3. The third-order valence-corrected chi connectivity index (χ3v) is 9.55. The van der Waals surface area contributed by atoms with E-state index in [-0.39, 0.29) is 29.0 Å². The van der Waals surface area contributed by atoms with Crippen molar-refractivity contribution < 1.29 is 24.2 Å². The van der Waals surface area contributed by atoms with Crippen LogP contribution < -0.4 is 19.8 Å². The molecule has 40 heavy (non-hydrogen) atoms. The van der Waals surface area contributed by atoms with Gasteiger partial charge in [0.15, 0.2) is 6.61 Å². The van der Waals surface area contributed by atoms with Gasteiger partial charge in [-0.25, -0.2) is 4.90 Å². The fourth-order valence-electron chi connectivity index (χ4n) is 4.96. The number of phenolic OH excluding ortho intramolecular Hbond substituents is 1. The van der Waals surface area contributed by atoms with Crippen molar-refractivity contribution in [3.63, 3.8) is 0 Å². The molecule has 2 aliphatic rings. The Morgan fingerprint density at radius 2 is 1.77 bits per heavy atom. The summed E-state index contributed by atoms with van der Waals surface area (Å²) in [5, 5.41) is 12.0. The third kappa shape index (κ3) is 4.82. The molecule has 2 aliphatic heterocycles. The van der Waals surface area contributed by atoms with Crippen molar-refractivity contribution in [1.82, 2.24) is 4.98 Å². The summed E-state index contributed by atoms with van der Waals surface area (Å²) in [6.45, 7) is -0.329. The molecule has 9 nitrogen and oxygen atoms in total. The van der Waals surface area contributed by atoms with Crippen molar-refractivity contribution in [2.75, 3.05) is 16.8 Å². The molecule has 6 rings (SSSR count). The number of benzene rings is 3. The van der Waals surface area contributed by atoms with Crippen LogP contribution in [0.5, 0.6) is 11.5 Å². The number of carbonyl (C=O) groups is 3. The number of halogens is 1. The molecule has 3 aromatic carbocycles. The first kappa shape index (κ1) is 26.4. The molecule has 3 atom stereocenters. The molecule has 3 amide bonds. The predicted octanol–water partition coefficient (Wildman–Crippen LogP) is 4.72. The molecule has 1 fully saturated rings. The molecular formula is C28H20BrN3O6S2. The van der Waals surface area contributed by atoms with Crippen LogP contribution in [0.1, 0.15) is 16.4 Å². The molecule has 0 bridgehead atoms. The molecular weight excluding hydrogens is 618 g/mol. The maximum absolute atomic E-state index is 13.9. The summed E-state index contributed by atoms with van der Waals surface area (Å²) in [5.74, 6) is -2.16. The maximum atomic E-state index is 13.9. The summed E-state index contributed by atoms with van der Waals surface area (Å²) in [6.07, 6.45) is 0. The van der Waals surface area contributed by atoms with Crippen LogP contribution in [0.25, 0.3) is 0 Å². The van der Waals surface area contributed by atoms with Crippen LogP contribution in [0.4, 0.5) is 11.4 Å². The molecule has 0 spiro atoms. The summed E-state index contributed by atoms with van der Waals surface area (Å²) < 4.78 is 6.67. The van der Waals surface area contributed by atoms with E-state index in [2.05, 4.69) is 26.2 Å². The average molecular weight is 639 g/mol. The molecule has 12 heteroatoms. The lowest BCUT2D eigenvalue weighted by Gasteiger charge is -2.31. The number of H-pyrrole nitrogens is 1. The largest absolute Gasteiger partial charge is 0.508 e. The smallest absolute Gasteiger partial charge is 0.305 e. The van der Waals surface area contributed by atoms with E-state index in [1.807, 2.05) is 6.07 Å². The van der Waals surface area contributed by atoms with Gasteiger partial charge in [-0.1, -0.05) is 57.2 Å². The average Bonchev–Trinajstić information content (AvgIpc) is 3.43. The number of aromatic hydroxyl groups is 1. The number of thioether (sulfide) groups is 1. The summed E-state index contributed by atoms with van der Waals surface area (Å²) in [4.78, 5) is 57.0. The first-order valence-electron chi connectivity index (χ1n) is 12.1. The van der Waals surface area contributed by atoms with Crippen molar-refractivity contribution >= 4 is 68.1 Å². The SMILES string of the molecule is O=C(COc1ccc(Br)cc1[C@@H]1c2sc(=O)[nH]c2S[C@H]2C(=O)N(c3ccccc3)C(=O)[C@@H]12)Nc1ccc(O)cc1. The molecule has 3 N–H and O–H groups in total. The second-order valence-corrected chi connectivity index (χ2v) is 12.2. The van der Waals surface area contributed by atoms with Crippen molar-refractivity contribution in [1.29, 1.82) is 0 Å². The summed E-state index contributed by atoms with van der Waals surface area (Å²) >= 11 is 5.69. The number of amides is 3. The number of hydrogen-bond acceptors (Lipinski definition) is 8. The summed E-state index contributed by atoms with van der Waals surface area (Å²) in [5.41, 5.74) is 1.56. The first-order valence-corrected chi connectivity index (χ1v) is 14.6.